The first-order valence-corrected chi connectivity index (χ1v) is 6.57. The third kappa shape index (κ3) is 5.03. The second-order valence-electron chi connectivity index (χ2n) is 4.45. The van der Waals surface area contributed by atoms with Gasteiger partial charge in [-0.3, -0.25) is 0 Å². The molecule has 0 aliphatic carbocycles. The van der Waals surface area contributed by atoms with Crippen LogP contribution in [-0.4, -0.2) is 43.6 Å². The zero-order valence-corrected chi connectivity index (χ0v) is 11.2. The number of aliphatic carboxylic acids is 1. The number of rotatable bonds is 7. The van der Waals surface area contributed by atoms with Crippen LogP contribution in [0.1, 0.15) is 12.0 Å². The van der Waals surface area contributed by atoms with Gasteiger partial charge in [-0.15, -0.1) is 0 Å². The van der Waals surface area contributed by atoms with Crippen molar-refractivity contribution < 1.29 is 24.1 Å². The van der Waals surface area contributed by atoms with Crippen LogP contribution in [0.3, 0.4) is 0 Å². The molecule has 1 N–H and O–H groups in total. The third-order valence-corrected chi connectivity index (χ3v) is 2.87. The Kier molecular flexibility index (Phi) is 5.58. The van der Waals surface area contributed by atoms with Crippen LogP contribution >= 0.6 is 0 Å². The number of benzene rings is 1. The van der Waals surface area contributed by atoms with E-state index in [0.717, 1.165) is 24.7 Å². The summed E-state index contributed by atoms with van der Waals surface area (Å²) in [5, 5.41) is 8.58. The lowest BCUT2D eigenvalue weighted by Gasteiger charge is -2.11. The summed E-state index contributed by atoms with van der Waals surface area (Å²) >= 11 is 0. The van der Waals surface area contributed by atoms with Crippen molar-refractivity contribution in [3.63, 3.8) is 0 Å². The second-order valence-corrected chi connectivity index (χ2v) is 4.45. The molecule has 0 bridgehead atoms. The smallest absolute Gasteiger partial charge is 0.328 e. The van der Waals surface area contributed by atoms with Crippen LogP contribution in [0.25, 0.3) is 6.08 Å². The molecule has 0 saturated carbocycles. The average Bonchev–Trinajstić information content (AvgIpc) is 2.95. The van der Waals surface area contributed by atoms with Gasteiger partial charge in [-0.2, -0.15) is 0 Å². The van der Waals surface area contributed by atoms with Crippen LogP contribution in [0.5, 0.6) is 5.75 Å². The first-order valence-electron chi connectivity index (χ1n) is 6.57. The van der Waals surface area contributed by atoms with Crippen molar-refractivity contribution in [2.45, 2.75) is 12.5 Å². The molecule has 5 nitrogen and oxygen atoms in total. The van der Waals surface area contributed by atoms with Gasteiger partial charge < -0.3 is 19.3 Å². The lowest BCUT2D eigenvalue weighted by atomic mass is 10.2. The van der Waals surface area contributed by atoms with Crippen molar-refractivity contribution >= 4 is 12.0 Å². The summed E-state index contributed by atoms with van der Waals surface area (Å²) in [5.74, 6) is -0.271. The van der Waals surface area contributed by atoms with Crippen LogP contribution in [0, 0.1) is 0 Å². The van der Waals surface area contributed by atoms with Crippen molar-refractivity contribution in [2.24, 2.45) is 0 Å². The number of carboxylic acid groups (broad SMARTS) is 1. The van der Waals surface area contributed by atoms with Gasteiger partial charge in [-0.1, -0.05) is 12.1 Å². The summed E-state index contributed by atoms with van der Waals surface area (Å²) in [4.78, 5) is 10.4. The van der Waals surface area contributed by atoms with Crippen LogP contribution in [0.15, 0.2) is 30.3 Å². The van der Waals surface area contributed by atoms with Gasteiger partial charge in [0.05, 0.1) is 19.3 Å². The minimum absolute atomic E-state index is 0.184. The summed E-state index contributed by atoms with van der Waals surface area (Å²) in [6.07, 6.45) is 3.75. The van der Waals surface area contributed by atoms with E-state index < -0.39 is 5.97 Å². The maximum Gasteiger partial charge on any atom is 0.328 e. The highest BCUT2D eigenvalue weighted by Gasteiger charge is 2.15. The molecule has 1 unspecified atom stereocenters. The molecule has 5 heteroatoms. The van der Waals surface area contributed by atoms with Gasteiger partial charge in [0, 0.05) is 12.7 Å². The predicted molar refractivity (Wildman–Crippen MR) is 73.8 cm³/mol. The normalized spacial score (nSPS) is 18.5. The van der Waals surface area contributed by atoms with Gasteiger partial charge in [0.1, 0.15) is 12.4 Å². The summed E-state index contributed by atoms with van der Waals surface area (Å²) in [5.41, 5.74) is 0.787. The van der Waals surface area contributed by atoms with Gasteiger partial charge >= 0.3 is 5.97 Å². The Morgan fingerprint density at radius 2 is 2.35 bits per heavy atom. The Hall–Kier alpha value is -1.85. The maximum absolute atomic E-state index is 10.4. The first-order chi connectivity index (χ1) is 9.74. The Morgan fingerprint density at radius 3 is 3.10 bits per heavy atom. The van der Waals surface area contributed by atoms with E-state index in [2.05, 4.69) is 0 Å². The summed E-state index contributed by atoms with van der Waals surface area (Å²) in [6, 6.07) is 7.26. The highest BCUT2D eigenvalue weighted by Crippen LogP contribution is 2.15. The number of carboxylic acids is 1. The first kappa shape index (κ1) is 14.6. The van der Waals surface area contributed by atoms with Crippen molar-refractivity contribution in [2.75, 3.05) is 26.4 Å². The molecule has 0 aromatic heterocycles. The predicted octanol–water partition coefficient (Wildman–Crippen LogP) is 1.97. The molecule has 1 fully saturated rings. The van der Waals surface area contributed by atoms with Crippen molar-refractivity contribution in [3.8, 4) is 5.75 Å². The summed E-state index contributed by atoms with van der Waals surface area (Å²) in [6.45, 7) is 2.41. The maximum atomic E-state index is 10.4. The zero-order valence-electron chi connectivity index (χ0n) is 11.2. The van der Waals surface area contributed by atoms with E-state index in [9.17, 15) is 4.79 Å². The number of hydrogen-bond acceptors (Lipinski definition) is 4. The molecule has 0 spiro atoms. The van der Waals surface area contributed by atoms with Gasteiger partial charge in [-0.25, -0.2) is 4.79 Å². The van der Waals surface area contributed by atoms with Gasteiger partial charge in [0.15, 0.2) is 0 Å². The number of hydrogen-bond donors (Lipinski definition) is 1. The molecule has 108 valence electrons. The van der Waals surface area contributed by atoms with Crippen molar-refractivity contribution in [3.05, 3.63) is 35.9 Å². The monoisotopic (exact) mass is 278 g/mol. The quantitative estimate of drug-likeness (QED) is 0.610. The minimum Gasteiger partial charge on any atom is -0.491 e. The summed E-state index contributed by atoms with van der Waals surface area (Å²) in [7, 11) is 0. The Balaban J connectivity index is 1.74. The summed E-state index contributed by atoms with van der Waals surface area (Å²) < 4.78 is 16.4. The topological polar surface area (TPSA) is 65.0 Å². The molecule has 1 aromatic rings. The van der Waals surface area contributed by atoms with E-state index in [-0.39, 0.29) is 6.10 Å². The van der Waals surface area contributed by atoms with E-state index >= 15 is 0 Å². The fraction of sp³-hybridized carbons (Fsp3) is 0.400. The van der Waals surface area contributed by atoms with Gasteiger partial charge in [0.2, 0.25) is 0 Å². The lowest BCUT2D eigenvalue weighted by molar-refractivity contribution is -0.131. The second kappa shape index (κ2) is 7.67. The Morgan fingerprint density at radius 1 is 1.45 bits per heavy atom. The molecule has 1 aliphatic heterocycles. The van der Waals surface area contributed by atoms with E-state index in [1.54, 1.807) is 6.07 Å². The number of ether oxygens (including phenoxy) is 3. The molecule has 1 aromatic carbocycles. The molecule has 20 heavy (non-hydrogen) atoms. The van der Waals surface area contributed by atoms with E-state index in [4.69, 9.17) is 19.3 Å². The van der Waals surface area contributed by atoms with Crippen LogP contribution in [0.2, 0.25) is 0 Å². The van der Waals surface area contributed by atoms with E-state index in [1.165, 1.54) is 6.08 Å². The SMILES string of the molecule is O=C(O)C=Cc1cccc(OCCOC2CCOC2)c1. The molecular formula is C15H18O5. The van der Waals surface area contributed by atoms with E-state index in [1.807, 2.05) is 18.2 Å². The fourth-order valence-electron chi connectivity index (χ4n) is 1.89. The molecule has 1 aliphatic rings. The van der Waals surface area contributed by atoms with Gasteiger partial charge in [0.25, 0.3) is 0 Å². The standard InChI is InChI=1S/C15H18O5/c16-15(17)5-4-12-2-1-3-13(10-12)19-8-9-20-14-6-7-18-11-14/h1-5,10,14H,6-9,11H2,(H,16,17). The van der Waals surface area contributed by atoms with Gasteiger partial charge in [-0.05, 0) is 30.2 Å². The molecule has 1 heterocycles. The third-order valence-electron chi connectivity index (χ3n) is 2.87. The van der Waals surface area contributed by atoms with Crippen molar-refractivity contribution in [1.82, 2.24) is 0 Å². The van der Waals surface area contributed by atoms with Crippen molar-refractivity contribution in [1.29, 1.82) is 0 Å². The molecular weight excluding hydrogens is 260 g/mol. The Labute approximate surface area is 117 Å². The van der Waals surface area contributed by atoms with Crippen LogP contribution in [0.4, 0.5) is 0 Å². The highest BCUT2D eigenvalue weighted by atomic mass is 16.6. The van der Waals surface area contributed by atoms with E-state index in [0.29, 0.717) is 25.6 Å². The average molecular weight is 278 g/mol. The molecule has 0 amide bonds. The Bertz CT molecular complexity index is 463. The molecule has 1 atom stereocenters. The zero-order chi connectivity index (χ0) is 14.2. The lowest BCUT2D eigenvalue weighted by Crippen LogP contribution is -2.17. The molecule has 0 radical (unpaired) electrons. The molecule has 2 rings (SSSR count). The fourth-order valence-corrected chi connectivity index (χ4v) is 1.89. The minimum atomic E-state index is -0.969. The molecule has 1 saturated heterocycles. The number of carbonyl (C=O) groups is 1. The van der Waals surface area contributed by atoms with Crippen LogP contribution < -0.4 is 4.74 Å². The highest BCUT2D eigenvalue weighted by molar-refractivity contribution is 5.85. The van der Waals surface area contributed by atoms with Crippen LogP contribution in [-0.2, 0) is 14.3 Å². The largest absolute Gasteiger partial charge is 0.491 e.